The van der Waals surface area contributed by atoms with Crippen molar-refractivity contribution in [1.82, 2.24) is 10.2 Å². The van der Waals surface area contributed by atoms with Crippen molar-refractivity contribution in [3.63, 3.8) is 0 Å². The fraction of sp³-hybridized carbons (Fsp3) is 0.409. The number of nitrogens with one attached hydrogen (secondary N) is 1. The van der Waals surface area contributed by atoms with Crippen molar-refractivity contribution in [1.29, 1.82) is 0 Å². The van der Waals surface area contributed by atoms with Crippen molar-refractivity contribution in [2.75, 3.05) is 33.3 Å². The van der Waals surface area contributed by atoms with Gasteiger partial charge in [-0.05, 0) is 72.5 Å². The minimum absolute atomic E-state index is 0.0856. The summed E-state index contributed by atoms with van der Waals surface area (Å²) in [6, 6.07) is 14.5. The number of hydrogen-bond donors (Lipinski definition) is 1. The molecule has 5 heteroatoms. The highest BCUT2D eigenvalue weighted by atomic mass is 79.9. The van der Waals surface area contributed by atoms with Crippen LogP contribution in [0.2, 0.25) is 0 Å². The number of aryl methyl sites for hydroxylation is 1. The van der Waals surface area contributed by atoms with Crippen LogP contribution in [-0.4, -0.2) is 44.0 Å². The highest BCUT2D eigenvalue weighted by molar-refractivity contribution is 9.10. The molecular weight excluding hydrogens is 404 g/mol. The zero-order valence-corrected chi connectivity index (χ0v) is 17.6. The number of rotatable bonds is 8. The van der Waals surface area contributed by atoms with Crippen molar-refractivity contribution in [3.05, 3.63) is 63.6 Å². The Morgan fingerprint density at radius 3 is 2.52 bits per heavy atom. The summed E-state index contributed by atoms with van der Waals surface area (Å²) in [6.45, 7) is 5.46. The molecule has 1 fully saturated rings. The van der Waals surface area contributed by atoms with Gasteiger partial charge in [-0.3, -0.25) is 9.69 Å². The molecule has 0 radical (unpaired) electrons. The number of ketones is 1. The first-order valence-electron chi connectivity index (χ1n) is 9.46. The summed E-state index contributed by atoms with van der Waals surface area (Å²) in [5.41, 5.74) is 3.27. The van der Waals surface area contributed by atoms with E-state index in [2.05, 4.69) is 57.3 Å². The normalized spacial score (nSPS) is 15.7. The number of carbonyl (C=O) groups excluding carboxylic acids is 1. The van der Waals surface area contributed by atoms with E-state index < -0.39 is 0 Å². The van der Waals surface area contributed by atoms with Crippen LogP contribution in [0.25, 0.3) is 0 Å². The molecule has 0 aliphatic carbocycles. The summed E-state index contributed by atoms with van der Waals surface area (Å²) >= 11 is 3.44. The second-order valence-corrected chi connectivity index (χ2v) is 7.93. The number of halogens is 1. The molecule has 0 bridgehead atoms. The van der Waals surface area contributed by atoms with Gasteiger partial charge in [0.1, 0.15) is 5.75 Å². The molecule has 0 amide bonds. The van der Waals surface area contributed by atoms with Gasteiger partial charge in [-0.1, -0.05) is 29.8 Å². The standard InChI is InChI=1S/C22H27BrN2O2/c1-16-5-7-17(8-6-16)20(25-11-3-4-12-25)14-24-15-21(26)18-9-10-22(27-2)19(23)13-18/h5-10,13,20,24H,3-4,11-12,14-15H2,1-2H3. The molecule has 1 unspecified atom stereocenters. The Hall–Kier alpha value is -1.69. The minimum atomic E-state index is 0.0856. The van der Waals surface area contributed by atoms with Gasteiger partial charge in [0.2, 0.25) is 0 Å². The predicted octanol–water partition coefficient (Wildman–Crippen LogP) is 4.38. The van der Waals surface area contributed by atoms with Crippen molar-refractivity contribution in [2.24, 2.45) is 0 Å². The van der Waals surface area contributed by atoms with Crippen LogP contribution in [0, 0.1) is 6.92 Å². The summed E-state index contributed by atoms with van der Waals surface area (Å²) in [4.78, 5) is 15.1. The lowest BCUT2D eigenvalue weighted by molar-refractivity contribution is 0.0987. The Morgan fingerprint density at radius 1 is 1.19 bits per heavy atom. The SMILES string of the molecule is COc1ccc(C(=O)CNCC(c2ccc(C)cc2)N2CCCC2)cc1Br. The number of ether oxygens (including phenoxy) is 1. The number of carbonyl (C=O) groups is 1. The monoisotopic (exact) mass is 430 g/mol. The van der Waals surface area contributed by atoms with E-state index in [1.165, 1.54) is 24.0 Å². The molecule has 1 saturated heterocycles. The molecule has 4 nitrogen and oxygen atoms in total. The van der Waals surface area contributed by atoms with Crippen molar-refractivity contribution in [3.8, 4) is 5.75 Å². The molecule has 2 aromatic rings. The highest BCUT2D eigenvalue weighted by Crippen LogP contribution is 2.26. The fourth-order valence-corrected chi connectivity index (χ4v) is 4.10. The van der Waals surface area contributed by atoms with Gasteiger partial charge >= 0.3 is 0 Å². The van der Waals surface area contributed by atoms with Crippen LogP contribution in [0.1, 0.15) is 40.4 Å². The van der Waals surface area contributed by atoms with Crippen LogP contribution >= 0.6 is 15.9 Å². The summed E-state index contributed by atoms with van der Waals surface area (Å²) < 4.78 is 6.02. The van der Waals surface area contributed by atoms with Crippen LogP contribution in [0.4, 0.5) is 0 Å². The Balaban J connectivity index is 1.62. The average Bonchev–Trinajstić information content (AvgIpc) is 3.20. The van der Waals surface area contributed by atoms with E-state index in [1.54, 1.807) is 7.11 Å². The maximum absolute atomic E-state index is 12.5. The third-order valence-corrected chi connectivity index (χ3v) is 5.76. The number of Topliss-reactive ketones (excluding diaryl/α,β-unsaturated/α-hetero) is 1. The van der Waals surface area contributed by atoms with E-state index in [0.29, 0.717) is 18.2 Å². The smallest absolute Gasteiger partial charge is 0.176 e. The van der Waals surface area contributed by atoms with E-state index in [4.69, 9.17) is 4.74 Å². The van der Waals surface area contributed by atoms with Gasteiger partial charge < -0.3 is 10.1 Å². The molecule has 1 heterocycles. The lowest BCUT2D eigenvalue weighted by Crippen LogP contribution is -2.36. The molecule has 27 heavy (non-hydrogen) atoms. The summed E-state index contributed by atoms with van der Waals surface area (Å²) in [6.07, 6.45) is 2.50. The molecule has 1 aliphatic heterocycles. The highest BCUT2D eigenvalue weighted by Gasteiger charge is 2.23. The zero-order valence-electron chi connectivity index (χ0n) is 16.0. The van der Waals surface area contributed by atoms with E-state index in [-0.39, 0.29) is 5.78 Å². The van der Waals surface area contributed by atoms with Gasteiger partial charge in [-0.15, -0.1) is 0 Å². The van der Waals surface area contributed by atoms with E-state index in [9.17, 15) is 4.79 Å². The van der Waals surface area contributed by atoms with Crippen molar-refractivity contribution in [2.45, 2.75) is 25.8 Å². The number of methoxy groups -OCH3 is 1. The third-order valence-electron chi connectivity index (χ3n) is 5.14. The summed E-state index contributed by atoms with van der Waals surface area (Å²) in [5.74, 6) is 0.815. The molecule has 1 aliphatic rings. The lowest BCUT2D eigenvalue weighted by Gasteiger charge is -2.28. The van der Waals surface area contributed by atoms with Gasteiger partial charge in [0, 0.05) is 18.2 Å². The number of nitrogens with zero attached hydrogens (tertiary/aromatic N) is 1. The first-order valence-corrected chi connectivity index (χ1v) is 10.3. The molecule has 0 saturated carbocycles. The van der Waals surface area contributed by atoms with Crippen LogP contribution in [0.5, 0.6) is 5.75 Å². The maximum Gasteiger partial charge on any atom is 0.176 e. The summed E-state index contributed by atoms with van der Waals surface area (Å²) in [7, 11) is 1.62. The third kappa shape index (κ3) is 5.18. The van der Waals surface area contributed by atoms with Gasteiger partial charge in [0.05, 0.1) is 18.1 Å². The van der Waals surface area contributed by atoms with E-state index in [0.717, 1.165) is 29.9 Å². The van der Waals surface area contributed by atoms with Gasteiger partial charge in [0.15, 0.2) is 5.78 Å². The average molecular weight is 431 g/mol. The van der Waals surface area contributed by atoms with Crippen molar-refractivity contribution < 1.29 is 9.53 Å². The van der Waals surface area contributed by atoms with Crippen LogP contribution < -0.4 is 10.1 Å². The molecule has 1 atom stereocenters. The molecule has 2 aromatic carbocycles. The number of likely N-dealkylation sites (tertiary alicyclic amines) is 1. The first kappa shape index (κ1) is 20.1. The molecule has 0 spiro atoms. The van der Waals surface area contributed by atoms with Gasteiger partial charge in [-0.2, -0.15) is 0 Å². The van der Waals surface area contributed by atoms with Gasteiger partial charge in [-0.25, -0.2) is 0 Å². The molecule has 0 aromatic heterocycles. The second kappa shape index (κ2) is 9.49. The second-order valence-electron chi connectivity index (χ2n) is 7.07. The van der Waals surface area contributed by atoms with Crippen LogP contribution in [0.15, 0.2) is 46.9 Å². The fourth-order valence-electron chi connectivity index (χ4n) is 3.56. The molecule has 144 valence electrons. The maximum atomic E-state index is 12.5. The summed E-state index contributed by atoms with van der Waals surface area (Å²) in [5, 5.41) is 3.38. The lowest BCUT2D eigenvalue weighted by atomic mass is 10.0. The van der Waals surface area contributed by atoms with E-state index >= 15 is 0 Å². The molecular formula is C22H27BrN2O2. The quantitative estimate of drug-likeness (QED) is 0.631. The largest absolute Gasteiger partial charge is 0.496 e. The number of benzene rings is 2. The molecule has 3 rings (SSSR count). The Bertz CT molecular complexity index is 770. The van der Waals surface area contributed by atoms with Gasteiger partial charge in [0.25, 0.3) is 0 Å². The van der Waals surface area contributed by atoms with Crippen molar-refractivity contribution >= 4 is 21.7 Å². The number of hydrogen-bond acceptors (Lipinski definition) is 4. The minimum Gasteiger partial charge on any atom is -0.496 e. The topological polar surface area (TPSA) is 41.6 Å². The Kier molecular flexibility index (Phi) is 7.05. The predicted molar refractivity (Wildman–Crippen MR) is 113 cm³/mol. The van der Waals surface area contributed by atoms with E-state index in [1.807, 2.05) is 18.2 Å². The first-order chi connectivity index (χ1) is 13.1. The van der Waals surface area contributed by atoms with Crippen LogP contribution in [-0.2, 0) is 0 Å². The zero-order chi connectivity index (χ0) is 19.2. The molecule has 1 N–H and O–H groups in total. The Morgan fingerprint density at radius 2 is 1.89 bits per heavy atom. The Labute approximate surface area is 170 Å². The van der Waals surface area contributed by atoms with Crippen LogP contribution in [0.3, 0.4) is 0 Å².